The van der Waals surface area contributed by atoms with Crippen molar-refractivity contribution in [1.29, 1.82) is 5.26 Å². The van der Waals surface area contributed by atoms with Crippen molar-refractivity contribution < 1.29 is 14.6 Å². The van der Waals surface area contributed by atoms with E-state index in [2.05, 4.69) is 10.6 Å². The number of carbonyl (C=O) groups is 1. The molecule has 0 radical (unpaired) electrons. The fourth-order valence-electron chi connectivity index (χ4n) is 2.01. The van der Waals surface area contributed by atoms with Crippen molar-refractivity contribution in [3.8, 4) is 17.6 Å². The van der Waals surface area contributed by atoms with Gasteiger partial charge in [0.1, 0.15) is 23.1 Å². The molecule has 0 saturated carbocycles. The molecular weight excluding hydrogens is 342 g/mol. The number of phenolic OH excluding ortho intramolecular Hbond substituents is 1. The molecular formula is C18H16ClN3O3. The van der Waals surface area contributed by atoms with Crippen molar-refractivity contribution in [3.05, 3.63) is 58.8 Å². The van der Waals surface area contributed by atoms with Crippen LogP contribution in [-0.2, 0) is 4.79 Å². The molecule has 3 N–H and O–H groups in total. The molecule has 7 heteroatoms. The van der Waals surface area contributed by atoms with Crippen molar-refractivity contribution in [3.63, 3.8) is 0 Å². The number of nitrogens with one attached hydrogen (secondary N) is 2. The number of amides is 1. The number of methoxy groups -OCH3 is 1. The minimum atomic E-state index is -0.608. The van der Waals surface area contributed by atoms with E-state index >= 15 is 0 Å². The van der Waals surface area contributed by atoms with E-state index in [1.54, 1.807) is 24.3 Å². The topological polar surface area (TPSA) is 94.4 Å². The van der Waals surface area contributed by atoms with Crippen molar-refractivity contribution in [2.24, 2.45) is 0 Å². The largest absolute Gasteiger partial charge is 0.506 e. The molecule has 6 nitrogen and oxygen atoms in total. The number of rotatable bonds is 5. The molecule has 1 amide bonds. The highest BCUT2D eigenvalue weighted by Gasteiger charge is 2.11. The molecule has 0 heterocycles. The lowest BCUT2D eigenvalue weighted by Crippen LogP contribution is -2.14. The standard InChI is InChI=1S/C18H16ClN3O3/c1-11-3-5-16(23)15(7-11)21-10-12(9-20)18(24)22-13-4-6-17(25-2)14(19)8-13/h3-8,10,21,23H,1-2H3,(H,22,24)/b12-10-. The quantitative estimate of drug-likeness (QED) is 0.429. The van der Waals surface area contributed by atoms with Gasteiger partial charge in [-0.2, -0.15) is 5.26 Å². The zero-order valence-electron chi connectivity index (χ0n) is 13.6. The summed E-state index contributed by atoms with van der Waals surface area (Å²) in [5.74, 6) is -0.114. The molecule has 0 aromatic heterocycles. The van der Waals surface area contributed by atoms with Crippen LogP contribution in [0.5, 0.6) is 11.5 Å². The Labute approximate surface area is 150 Å². The van der Waals surface area contributed by atoms with Crippen LogP contribution in [0.2, 0.25) is 5.02 Å². The van der Waals surface area contributed by atoms with E-state index in [-0.39, 0.29) is 11.3 Å². The molecule has 0 bridgehead atoms. The maximum absolute atomic E-state index is 12.2. The molecule has 0 aliphatic carbocycles. The zero-order chi connectivity index (χ0) is 18.4. The van der Waals surface area contributed by atoms with E-state index < -0.39 is 5.91 Å². The van der Waals surface area contributed by atoms with Crippen LogP contribution in [0.4, 0.5) is 11.4 Å². The minimum absolute atomic E-state index is 0.0153. The summed E-state index contributed by atoms with van der Waals surface area (Å²) in [4.78, 5) is 12.2. The van der Waals surface area contributed by atoms with Gasteiger partial charge in [-0.1, -0.05) is 17.7 Å². The average molecular weight is 358 g/mol. The number of aromatic hydroxyl groups is 1. The van der Waals surface area contributed by atoms with Gasteiger partial charge in [-0.3, -0.25) is 4.79 Å². The van der Waals surface area contributed by atoms with Gasteiger partial charge in [0.2, 0.25) is 0 Å². The fraction of sp³-hybridized carbons (Fsp3) is 0.111. The molecule has 0 saturated heterocycles. The summed E-state index contributed by atoms with van der Waals surface area (Å²) in [6.07, 6.45) is 1.23. The zero-order valence-corrected chi connectivity index (χ0v) is 14.4. The van der Waals surface area contributed by atoms with Crippen molar-refractivity contribution >= 4 is 28.9 Å². The first-order valence-electron chi connectivity index (χ1n) is 7.26. The van der Waals surface area contributed by atoms with Gasteiger partial charge in [0.25, 0.3) is 5.91 Å². The number of ether oxygens (including phenoxy) is 1. The van der Waals surface area contributed by atoms with E-state index in [1.807, 2.05) is 13.0 Å². The lowest BCUT2D eigenvalue weighted by molar-refractivity contribution is -0.112. The molecule has 0 spiro atoms. The molecule has 128 valence electrons. The normalized spacial score (nSPS) is 10.7. The molecule has 2 aromatic rings. The van der Waals surface area contributed by atoms with E-state index in [0.717, 1.165) is 5.56 Å². The molecule has 2 aromatic carbocycles. The number of nitrogens with zero attached hydrogens (tertiary/aromatic N) is 1. The number of phenols is 1. The monoisotopic (exact) mass is 357 g/mol. The maximum Gasteiger partial charge on any atom is 0.267 e. The lowest BCUT2D eigenvalue weighted by atomic mass is 10.2. The molecule has 0 aliphatic heterocycles. The maximum atomic E-state index is 12.2. The van der Waals surface area contributed by atoms with Crippen molar-refractivity contribution in [2.75, 3.05) is 17.7 Å². The third-order valence-electron chi connectivity index (χ3n) is 3.30. The molecule has 0 fully saturated rings. The summed E-state index contributed by atoms with van der Waals surface area (Å²) in [6.45, 7) is 1.86. The number of nitriles is 1. The Bertz CT molecular complexity index is 872. The summed E-state index contributed by atoms with van der Waals surface area (Å²) < 4.78 is 5.04. The first kappa shape index (κ1) is 18.2. The van der Waals surface area contributed by atoms with Crippen LogP contribution in [0, 0.1) is 18.3 Å². The Hall–Kier alpha value is -3.17. The summed E-state index contributed by atoms with van der Waals surface area (Å²) in [6, 6.07) is 11.5. The second-order valence-corrected chi connectivity index (χ2v) is 5.55. The predicted octanol–water partition coefficient (Wildman–Crippen LogP) is 3.82. The average Bonchev–Trinajstić information content (AvgIpc) is 2.58. The number of carbonyl (C=O) groups excluding carboxylic acids is 1. The summed E-state index contributed by atoms with van der Waals surface area (Å²) in [5, 5.41) is 24.6. The molecule has 0 atom stereocenters. The highest BCUT2D eigenvalue weighted by atomic mass is 35.5. The van der Waals surface area contributed by atoms with Crippen LogP contribution < -0.4 is 15.4 Å². The van der Waals surface area contributed by atoms with Gasteiger partial charge < -0.3 is 20.5 Å². The van der Waals surface area contributed by atoms with Gasteiger partial charge in [-0.05, 0) is 42.8 Å². The third kappa shape index (κ3) is 4.66. The van der Waals surface area contributed by atoms with Crippen LogP contribution in [0.3, 0.4) is 0 Å². The lowest BCUT2D eigenvalue weighted by Gasteiger charge is -2.08. The number of anilines is 2. The van der Waals surface area contributed by atoms with Crippen LogP contribution in [0.25, 0.3) is 0 Å². The van der Waals surface area contributed by atoms with Gasteiger partial charge in [0, 0.05) is 11.9 Å². The Morgan fingerprint density at radius 1 is 1.32 bits per heavy atom. The van der Waals surface area contributed by atoms with Gasteiger partial charge in [0.15, 0.2) is 0 Å². The number of benzene rings is 2. The number of halogens is 1. The van der Waals surface area contributed by atoms with E-state index in [9.17, 15) is 15.2 Å². The second-order valence-electron chi connectivity index (χ2n) is 5.14. The Kier molecular flexibility index (Phi) is 5.88. The van der Waals surface area contributed by atoms with Gasteiger partial charge >= 0.3 is 0 Å². The molecule has 2 rings (SSSR count). The van der Waals surface area contributed by atoms with Crippen LogP contribution in [0.1, 0.15) is 5.56 Å². The predicted molar refractivity (Wildman–Crippen MR) is 96.8 cm³/mol. The third-order valence-corrected chi connectivity index (χ3v) is 3.59. The number of hydrogen-bond acceptors (Lipinski definition) is 5. The minimum Gasteiger partial charge on any atom is -0.506 e. The Balaban J connectivity index is 2.14. The first-order chi connectivity index (χ1) is 11.9. The number of aryl methyl sites for hydroxylation is 1. The Morgan fingerprint density at radius 2 is 2.08 bits per heavy atom. The van der Waals surface area contributed by atoms with Crippen molar-refractivity contribution in [1.82, 2.24) is 0 Å². The first-order valence-corrected chi connectivity index (χ1v) is 7.63. The highest BCUT2D eigenvalue weighted by Crippen LogP contribution is 2.27. The van der Waals surface area contributed by atoms with Crippen LogP contribution >= 0.6 is 11.6 Å². The smallest absolute Gasteiger partial charge is 0.267 e. The van der Waals surface area contributed by atoms with Crippen LogP contribution in [0.15, 0.2) is 48.2 Å². The van der Waals surface area contributed by atoms with Gasteiger partial charge in [0.05, 0.1) is 17.8 Å². The highest BCUT2D eigenvalue weighted by molar-refractivity contribution is 6.32. The summed E-state index contributed by atoms with van der Waals surface area (Å²) in [7, 11) is 1.49. The molecule has 25 heavy (non-hydrogen) atoms. The number of hydrogen-bond donors (Lipinski definition) is 3. The van der Waals surface area contributed by atoms with Crippen LogP contribution in [-0.4, -0.2) is 18.1 Å². The SMILES string of the molecule is COc1ccc(NC(=O)/C(C#N)=C\Nc2cc(C)ccc2O)cc1Cl. The fourth-order valence-corrected chi connectivity index (χ4v) is 2.26. The second kappa shape index (κ2) is 8.08. The summed E-state index contributed by atoms with van der Waals surface area (Å²) in [5.41, 5.74) is 1.58. The summed E-state index contributed by atoms with van der Waals surface area (Å²) >= 11 is 6.00. The van der Waals surface area contributed by atoms with Crippen molar-refractivity contribution in [2.45, 2.75) is 6.92 Å². The van der Waals surface area contributed by atoms with E-state index in [1.165, 1.54) is 25.4 Å². The Morgan fingerprint density at radius 3 is 2.72 bits per heavy atom. The van der Waals surface area contributed by atoms with Gasteiger partial charge in [-0.15, -0.1) is 0 Å². The van der Waals surface area contributed by atoms with E-state index in [4.69, 9.17) is 16.3 Å². The van der Waals surface area contributed by atoms with Gasteiger partial charge in [-0.25, -0.2) is 0 Å². The van der Waals surface area contributed by atoms with E-state index in [0.29, 0.717) is 22.1 Å². The molecule has 0 unspecified atom stereocenters. The molecule has 0 aliphatic rings.